The average molecular weight is 279 g/mol. The molecule has 1 aromatic carbocycles. The van der Waals surface area contributed by atoms with Gasteiger partial charge in [0.15, 0.2) is 0 Å². The van der Waals surface area contributed by atoms with Gasteiger partial charge in [0.25, 0.3) is 0 Å². The Labute approximate surface area is 116 Å². The van der Waals surface area contributed by atoms with Crippen LogP contribution in [0.2, 0.25) is 0 Å². The first-order valence-corrected chi connectivity index (χ1v) is 7.87. The predicted molar refractivity (Wildman–Crippen MR) is 78.1 cm³/mol. The molecule has 0 bridgehead atoms. The van der Waals surface area contributed by atoms with Crippen LogP contribution in [0.15, 0.2) is 29.2 Å². The molecule has 19 heavy (non-hydrogen) atoms. The van der Waals surface area contributed by atoms with Crippen molar-refractivity contribution >= 4 is 10.0 Å². The van der Waals surface area contributed by atoms with E-state index in [-0.39, 0.29) is 5.92 Å². The SMILES string of the molecule is C#CC(CCNS(=O)(=O)c1ccc(C)cc1)C(C)C. The topological polar surface area (TPSA) is 46.2 Å². The van der Waals surface area contributed by atoms with Crippen LogP contribution in [-0.4, -0.2) is 15.0 Å². The number of benzene rings is 1. The lowest BCUT2D eigenvalue weighted by Crippen LogP contribution is -2.26. The molecule has 0 heterocycles. The number of hydrogen-bond donors (Lipinski definition) is 1. The minimum Gasteiger partial charge on any atom is -0.211 e. The molecule has 0 aliphatic rings. The minimum atomic E-state index is -3.43. The summed E-state index contributed by atoms with van der Waals surface area (Å²) in [7, 11) is -3.43. The third-order valence-corrected chi connectivity index (χ3v) is 4.57. The van der Waals surface area contributed by atoms with E-state index in [0.29, 0.717) is 23.8 Å². The molecular weight excluding hydrogens is 258 g/mol. The highest BCUT2D eigenvalue weighted by Crippen LogP contribution is 2.14. The normalized spacial score (nSPS) is 13.2. The van der Waals surface area contributed by atoms with Gasteiger partial charge in [-0.25, -0.2) is 13.1 Å². The molecule has 1 atom stereocenters. The Kier molecular flexibility index (Phi) is 5.59. The third-order valence-electron chi connectivity index (χ3n) is 3.10. The third kappa shape index (κ3) is 4.70. The summed E-state index contributed by atoms with van der Waals surface area (Å²) < 4.78 is 26.6. The van der Waals surface area contributed by atoms with Crippen LogP contribution < -0.4 is 4.72 Å². The van der Waals surface area contributed by atoms with Crippen LogP contribution in [0.25, 0.3) is 0 Å². The fourth-order valence-corrected chi connectivity index (χ4v) is 2.81. The highest BCUT2D eigenvalue weighted by molar-refractivity contribution is 7.89. The highest BCUT2D eigenvalue weighted by atomic mass is 32.2. The summed E-state index contributed by atoms with van der Waals surface area (Å²) in [6, 6.07) is 6.79. The summed E-state index contributed by atoms with van der Waals surface area (Å²) in [4.78, 5) is 0.292. The van der Waals surface area contributed by atoms with Gasteiger partial charge >= 0.3 is 0 Å². The van der Waals surface area contributed by atoms with Crippen molar-refractivity contribution in [1.82, 2.24) is 4.72 Å². The second-order valence-corrected chi connectivity index (χ2v) is 6.78. The summed E-state index contributed by atoms with van der Waals surface area (Å²) in [5.41, 5.74) is 1.03. The van der Waals surface area contributed by atoms with Gasteiger partial charge in [0.05, 0.1) is 4.90 Å². The van der Waals surface area contributed by atoms with E-state index in [9.17, 15) is 8.42 Å². The van der Waals surface area contributed by atoms with Gasteiger partial charge in [-0.2, -0.15) is 0 Å². The molecule has 0 aromatic heterocycles. The molecule has 1 unspecified atom stereocenters. The molecule has 4 heteroatoms. The maximum Gasteiger partial charge on any atom is 0.240 e. The largest absolute Gasteiger partial charge is 0.240 e. The molecule has 0 saturated heterocycles. The molecule has 1 aromatic rings. The number of hydrogen-bond acceptors (Lipinski definition) is 2. The summed E-state index contributed by atoms with van der Waals surface area (Å²) >= 11 is 0. The molecular formula is C15H21NO2S. The zero-order chi connectivity index (χ0) is 14.5. The zero-order valence-electron chi connectivity index (χ0n) is 11.7. The summed E-state index contributed by atoms with van der Waals surface area (Å²) in [6.07, 6.45) is 6.08. The number of sulfonamides is 1. The first-order valence-electron chi connectivity index (χ1n) is 6.39. The molecule has 0 aliphatic heterocycles. The lowest BCUT2D eigenvalue weighted by atomic mass is 9.94. The quantitative estimate of drug-likeness (QED) is 0.814. The fraction of sp³-hybridized carbons (Fsp3) is 0.467. The Balaban J connectivity index is 2.62. The van der Waals surface area contributed by atoms with Crippen LogP contribution in [-0.2, 0) is 10.0 Å². The van der Waals surface area contributed by atoms with Crippen molar-refractivity contribution in [3.8, 4) is 12.3 Å². The second-order valence-electron chi connectivity index (χ2n) is 5.02. The molecule has 1 N–H and O–H groups in total. The van der Waals surface area contributed by atoms with Gasteiger partial charge < -0.3 is 0 Å². The second kappa shape index (κ2) is 6.74. The maximum atomic E-state index is 12.0. The standard InChI is InChI=1S/C15H21NO2S/c1-5-14(12(2)3)10-11-16-19(17,18)15-8-6-13(4)7-9-15/h1,6-9,12,14,16H,10-11H2,2-4H3. The van der Waals surface area contributed by atoms with E-state index >= 15 is 0 Å². The molecule has 0 spiro atoms. The molecule has 104 valence electrons. The van der Waals surface area contributed by atoms with E-state index in [4.69, 9.17) is 6.42 Å². The highest BCUT2D eigenvalue weighted by Gasteiger charge is 2.15. The summed E-state index contributed by atoms with van der Waals surface area (Å²) in [5.74, 6) is 3.15. The van der Waals surface area contributed by atoms with Crippen molar-refractivity contribution in [3.05, 3.63) is 29.8 Å². The van der Waals surface area contributed by atoms with Crippen molar-refractivity contribution in [2.75, 3.05) is 6.54 Å². The van der Waals surface area contributed by atoms with Gasteiger partial charge in [-0.3, -0.25) is 0 Å². The van der Waals surface area contributed by atoms with Crippen LogP contribution in [0.3, 0.4) is 0 Å². The monoisotopic (exact) mass is 279 g/mol. The van der Waals surface area contributed by atoms with E-state index in [1.54, 1.807) is 24.3 Å². The number of aryl methyl sites for hydroxylation is 1. The number of rotatable bonds is 6. The van der Waals surface area contributed by atoms with Gasteiger partial charge in [-0.05, 0) is 31.4 Å². The summed E-state index contributed by atoms with van der Waals surface area (Å²) in [5, 5.41) is 0. The molecule has 0 saturated carbocycles. The summed E-state index contributed by atoms with van der Waals surface area (Å²) in [6.45, 7) is 6.37. The molecule has 3 nitrogen and oxygen atoms in total. The fourth-order valence-electron chi connectivity index (χ4n) is 1.76. The van der Waals surface area contributed by atoms with Crippen molar-refractivity contribution < 1.29 is 8.42 Å². The van der Waals surface area contributed by atoms with Crippen molar-refractivity contribution in [1.29, 1.82) is 0 Å². The van der Waals surface area contributed by atoms with Gasteiger partial charge in [0, 0.05) is 12.5 Å². The van der Waals surface area contributed by atoms with Crippen LogP contribution in [0.4, 0.5) is 0 Å². The van der Waals surface area contributed by atoms with Gasteiger partial charge in [-0.15, -0.1) is 12.3 Å². The van der Waals surface area contributed by atoms with Gasteiger partial charge in [-0.1, -0.05) is 31.5 Å². The maximum absolute atomic E-state index is 12.0. The van der Waals surface area contributed by atoms with E-state index < -0.39 is 10.0 Å². The first kappa shape index (κ1) is 15.7. The Bertz CT molecular complexity index is 539. The minimum absolute atomic E-state index is 0.0979. The molecule has 0 aliphatic carbocycles. The number of nitrogens with one attached hydrogen (secondary N) is 1. The smallest absolute Gasteiger partial charge is 0.211 e. The van der Waals surface area contributed by atoms with Crippen LogP contribution in [0.1, 0.15) is 25.8 Å². The Morgan fingerprint density at radius 3 is 2.32 bits per heavy atom. The van der Waals surface area contributed by atoms with E-state index in [1.807, 2.05) is 20.8 Å². The molecule has 0 amide bonds. The molecule has 1 rings (SSSR count). The predicted octanol–water partition coefficient (Wildman–Crippen LogP) is 2.57. The van der Waals surface area contributed by atoms with Crippen LogP contribution in [0, 0.1) is 31.1 Å². The van der Waals surface area contributed by atoms with Crippen molar-refractivity contribution in [2.24, 2.45) is 11.8 Å². The molecule has 0 radical (unpaired) electrons. The zero-order valence-corrected chi connectivity index (χ0v) is 12.5. The Morgan fingerprint density at radius 1 is 1.26 bits per heavy atom. The van der Waals surface area contributed by atoms with Crippen molar-refractivity contribution in [3.63, 3.8) is 0 Å². The average Bonchev–Trinajstić information content (AvgIpc) is 2.34. The van der Waals surface area contributed by atoms with Crippen LogP contribution in [0.5, 0.6) is 0 Å². The van der Waals surface area contributed by atoms with Gasteiger partial charge in [0.2, 0.25) is 10.0 Å². The van der Waals surface area contributed by atoms with Crippen LogP contribution >= 0.6 is 0 Å². The van der Waals surface area contributed by atoms with Gasteiger partial charge in [0.1, 0.15) is 0 Å². The van der Waals surface area contributed by atoms with E-state index in [1.165, 1.54) is 0 Å². The first-order chi connectivity index (χ1) is 8.86. The van der Waals surface area contributed by atoms with E-state index in [0.717, 1.165) is 5.56 Å². The molecule has 0 fully saturated rings. The Hall–Kier alpha value is -1.31. The van der Waals surface area contributed by atoms with E-state index in [2.05, 4.69) is 10.6 Å². The lowest BCUT2D eigenvalue weighted by molar-refractivity contribution is 0.449. The Morgan fingerprint density at radius 2 is 1.84 bits per heavy atom. The van der Waals surface area contributed by atoms with Crippen molar-refractivity contribution in [2.45, 2.75) is 32.1 Å². The number of terminal acetylenes is 1. The lowest BCUT2D eigenvalue weighted by Gasteiger charge is -2.14.